The number of thiophene rings is 1. The van der Waals surface area contributed by atoms with Gasteiger partial charge >= 0.3 is 0 Å². The summed E-state index contributed by atoms with van der Waals surface area (Å²) >= 11 is 7.08. The van der Waals surface area contributed by atoms with E-state index in [0.717, 1.165) is 18.7 Å². The Kier molecular flexibility index (Phi) is 4.73. The van der Waals surface area contributed by atoms with E-state index in [1.807, 2.05) is 41.7 Å². The molecule has 0 aliphatic carbocycles. The number of aryl methyl sites for hydroxylation is 1. The molecule has 0 spiro atoms. The van der Waals surface area contributed by atoms with Gasteiger partial charge in [0, 0.05) is 15.4 Å². The van der Waals surface area contributed by atoms with Crippen molar-refractivity contribution in [2.75, 3.05) is 5.32 Å². The second-order valence-electron chi connectivity index (χ2n) is 3.90. The second-order valence-corrected chi connectivity index (χ2v) is 5.56. The van der Waals surface area contributed by atoms with Gasteiger partial charge in [0.05, 0.1) is 6.54 Å². The van der Waals surface area contributed by atoms with Crippen LogP contribution in [-0.2, 0) is 13.0 Å². The Morgan fingerprint density at radius 1 is 1.11 bits per heavy atom. The first-order valence-electron chi connectivity index (χ1n) is 5.95. The fourth-order valence-corrected chi connectivity index (χ4v) is 2.66. The van der Waals surface area contributed by atoms with Crippen LogP contribution in [-0.4, -0.2) is 5.11 Å². The van der Waals surface area contributed by atoms with Crippen molar-refractivity contribution in [3.8, 4) is 0 Å². The summed E-state index contributed by atoms with van der Waals surface area (Å²) < 4.78 is 0. The third kappa shape index (κ3) is 3.82. The van der Waals surface area contributed by atoms with E-state index in [4.69, 9.17) is 12.2 Å². The smallest absolute Gasteiger partial charge is 0.171 e. The van der Waals surface area contributed by atoms with Crippen molar-refractivity contribution in [3.05, 3.63) is 52.2 Å². The monoisotopic (exact) mass is 276 g/mol. The maximum atomic E-state index is 5.25. The molecule has 0 atom stereocenters. The van der Waals surface area contributed by atoms with Crippen molar-refractivity contribution in [2.24, 2.45) is 0 Å². The van der Waals surface area contributed by atoms with Gasteiger partial charge in [0.15, 0.2) is 5.11 Å². The average Bonchev–Trinajstić information content (AvgIpc) is 2.85. The van der Waals surface area contributed by atoms with E-state index < -0.39 is 0 Å². The number of hydrogen-bond donors (Lipinski definition) is 2. The van der Waals surface area contributed by atoms with Gasteiger partial charge in [0.1, 0.15) is 0 Å². The molecule has 0 radical (unpaired) electrons. The normalized spacial score (nSPS) is 10.1. The molecule has 18 heavy (non-hydrogen) atoms. The van der Waals surface area contributed by atoms with Gasteiger partial charge < -0.3 is 10.6 Å². The van der Waals surface area contributed by atoms with Crippen molar-refractivity contribution < 1.29 is 0 Å². The molecule has 1 aromatic carbocycles. The fraction of sp³-hybridized carbons (Fsp3) is 0.214. The van der Waals surface area contributed by atoms with Gasteiger partial charge in [-0.15, -0.1) is 11.3 Å². The van der Waals surface area contributed by atoms with Crippen molar-refractivity contribution in [1.82, 2.24) is 5.32 Å². The molecular formula is C14H16N2S2. The molecule has 0 fully saturated rings. The van der Waals surface area contributed by atoms with Gasteiger partial charge in [0.2, 0.25) is 0 Å². The number of hydrogen-bond acceptors (Lipinski definition) is 2. The van der Waals surface area contributed by atoms with Crippen LogP contribution >= 0.6 is 23.6 Å². The summed E-state index contributed by atoms with van der Waals surface area (Å²) in [5.41, 5.74) is 1.01. The Balaban J connectivity index is 1.81. The fourth-order valence-electron chi connectivity index (χ4n) is 1.57. The summed E-state index contributed by atoms with van der Waals surface area (Å²) in [5, 5.41) is 7.03. The highest BCUT2D eigenvalue weighted by atomic mass is 32.1. The predicted octanol–water partition coefficient (Wildman–Crippen LogP) is 3.80. The molecule has 0 bridgehead atoms. The minimum absolute atomic E-state index is 0.660. The van der Waals surface area contributed by atoms with Gasteiger partial charge in [-0.3, -0.25) is 0 Å². The van der Waals surface area contributed by atoms with Crippen LogP contribution in [0.15, 0.2) is 42.5 Å². The Labute approximate surface area is 117 Å². The molecule has 0 aliphatic rings. The summed E-state index contributed by atoms with van der Waals surface area (Å²) in [6.45, 7) is 2.95. The van der Waals surface area contributed by atoms with Crippen LogP contribution in [0, 0.1) is 0 Å². The van der Waals surface area contributed by atoms with Gasteiger partial charge in [0.25, 0.3) is 0 Å². The zero-order chi connectivity index (χ0) is 12.8. The minimum Gasteiger partial charge on any atom is -0.358 e. The van der Waals surface area contributed by atoms with Crippen LogP contribution in [0.1, 0.15) is 16.7 Å². The topological polar surface area (TPSA) is 24.1 Å². The zero-order valence-corrected chi connectivity index (χ0v) is 11.9. The lowest BCUT2D eigenvalue weighted by molar-refractivity contribution is 0.946. The number of anilines is 1. The first-order valence-corrected chi connectivity index (χ1v) is 7.18. The number of para-hydroxylation sites is 1. The maximum Gasteiger partial charge on any atom is 0.171 e. The first-order chi connectivity index (χ1) is 8.78. The summed E-state index contributed by atoms with van der Waals surface area (Å²) in [5.74, 6) is 0. The molecule has 2 nitrogen and oxygen atoms in total. The summed E-state index contributed by atoms with van der Waals surface area (Å²) in [6, 6.07) is 14.3. The number of nitrogens with one attached hydrogen (secondary N) is 2. The average molecular weight is 276 g/mol. The SMILES string of the molecule is CCc1ccc(CNC(=S)Nc2ccccc2)s1. The van der Waals surface area contributed by atoms with E-state index in [-0.39, 0.29) is 0 Å². The van der Waals surface area contributed by atoms with Crippen molar-refractivity contribution in [1.29, 1.82) is 0 Å². The molecule has 0 aliphatic heterocycles. The van der Waals surface area contributed by atoms with Crippen LogP contribution in [0.2, 0.25) is 0 Å². The summed E-state index contributed by atoms with van der Waals surface area (Å²) in [6.07, 6.45) is 1.09. The second kappa shape index (κ2) is 6.52. The molecule has 0 amide bonds. The van der Waals surface area contributed by atoms with Crippen LogP contribution < -0.4 is 10.6 Å². The summed E-state index contributed by atoms with van der Waals surface area (Å²) in [7, 11) is 0. The van der Waals surface area contributed by atoms with Gasteiger partial charge in [-0.1, -0.05) is 25.1 Å². The first kappa shape index (κ1) is 13.1. The third-order valence-electron chi connectivity index (χ3n) is 2.52. The lowest BCUT2D eigenvalue weighted by atomic mass is 10.3. The molecule has 0 saturated heterocycles. The van der Waals surface area contributed by atoms with Gasteiger partial charge in [-0.25, -0.2) is 0 Å². The number of thiocarbonyl (C=S) groups is 1. The molecule has 2 rings (SSSR count). The van der Waals surface area contributed by atoms with Gasteiger partial charge in [-0.2, -0.15) is 0 Å². The Hall–Kier alpha value is -1.39. The molecule has 4 heteroatoms. The molecule has 2 N–H and O–H groups in total. The predicted molar refractivity (Wildman–Crippen MR) is 83.2 cm³/mol. The Morgan fingerprint density at radius 3 is 2.50 bits per heavy atom. The lowest BCUT2D eigenvalue weighted by Crippen LogP contribution is -2.27. The van der Waals surface area contributed by atoms with E-state index in [1.54, 1.807) is 0 Å². The zero-order valence-electron chi connectivity index (χ0n) is 10.3. The van der Waals surface area contributed by atoms with Gasteiger partial charge in [-0.05, 0) is 42.9 Å². The Morgan fingerprint density at radius 2 is 1.83 bits per heavy atom. The van der Waals surface area contributed by atoms with E-state index in [0.29, 0.717) is 5.11 Å². The van der Waals surface area contributed by atoms with Crippen molar-refractivity contribution >= 4 is 34.4 Å². The molecule has 94 valence electrons. The largest absolute Gasteiger partial charge is 0.358 e. The molecule has 1 aromatic heterocycles. The van der Waals surface area contributed by atoms with Crippen LogP contribution in [0.25, 0.3) is 0 Å². The van der Waals surface area contributed by atoms with Crippen molar-refractivity contribution in [2.45, 2.75) is 19.9 Å². The quantitative estimate of drug-likeness (QED) is 0.831. The van der Waals surface area contributed by atoms with Crippen LogP contribution in [0.3, 0.4) is 0 Å². The highest BCUT2D eigenvalue weighted by Gasteiger charge is 2.00. The van der Waals surface area contributed by atoms with E-state index in [1.165, 1.54) is 9.75 Å². The standard InChI is InChI=1S/C14H16N2S2/c1-2-12-8-9-13(18-12)10-15-14(17)16-11-6-4-3-5-7-11/h3-9H,2,10H2,1H3,(H2,15,16,17). The van der Waals surface area contributed by atoms with E-state index in [9.17, 15) is 0 Å². The lowest BCUT2D eigenvalue weighted by Gasteiger charge is -2.09. The van der Waals surface area contributed by atoms with Crippen molar-refractivity contribution in [3.63, 3.8) is 0 Å². The van der Waals surface area contributed by atoms with E-state index >= 15 is 0 Å². The molecular weight excluding hydrogens is 260 g/mol. The minimum atomic E-state index is 0.660. The molecule has 0 unspecified atom stereocenters. The molecule has 1 heterocycles. The van der Waals surface area contributed by atoms with E-state index in [2.05, 4.69) is 29.7 Å². The summed E-state index contributed by atoms with van der Waals surface area (Å²) in [4.78, 5) is 2.72. The van der Waals surface area contributed by atoms with Crippen LogP contribution in [0.5, 0.6) is 0 Å². The number of rotatable bonds is 4. The Bertz CT molecular complexity index is 506. The van der Waals surface area contributed by atoms with Crippen LogP contribution in [0.4, 0.5) is 5.69 Å². The highest BCUT2D eigenvalue weighted by Crippen LogP contribution is 2.16. The maximum absolute atomic E-state index is 5.25. The number of benzene rings is 1. The highest BCUT2D eigenvalue weighted by molar-refractivity contribution is 7.80. The molecule has 0 saturated carbocycles. The molecule has 2 aromatic rings. The third-order valence-corrected chi connectivity index (χ3v) is 4.00.